The molecule has 7 nitrogen and oxygen atoms in total. The second-order valence-corrected chi connectivity index (χ2v) is 6.67. The molecular weight excluding hydrogens is 302 g/mol. The monoisotopic (exact) mass is 317 g/mol. The predicted octanol–water partition coefficient (Wildman–Crippen LogP) is 0.701. The van der Waals surface area contributed by atoms with Crippen molar-refractivity contribution in [3.05, 3.63) is 29.8 Å². The van der Waals surface area contributed by atoms with E-state index >= 15 is 0 Å². The SMILES string of the molecule is COc1ccc(CSC2NS(=O)(=O)NC(=O)N2C)cc1. The Balaban J connectivity index is 1.99. The summed E-state index contributed by atoms with van der Waals surface area (Å²) in [5.74, 6) is 1.32. The Labute approximate surface area is 121 Å². The van der Waals surface area contributed by atoms with Gasteiger partial charge in [-0.2, -0.15) is 13.1 Å². The Morgan fingerprint density at radius 3 is 2.60 bits per heavy atom. The average Bonchev–Trinajstić information content (AvgIpc) is 2.41. The lowest BCUT2D eigenvalue weighted by Crippen LogP contribution is -2.60. The highest BCUT2D eigenvalue weighted by atomic mass is 32.2. The van der Waals surface area contributed by atoms with Crippen LogP contribution in [-0.4, -0.2) is 39.0 Å². The molecule has 1 aromatic rings. The van der Waals surface area contributed by atoms with E-state index in [0.29, 0.717) is 5.75 Å². The van der Waals surface area contributed by atoms with Crippen LogP contribution in [-0.2, 0) is 16.0 Å². The molecule has 20 heavy (non-hydrogen) atoms. The second kappa shape index (κ2) is 5.90. The van der Waals surface area contributed by atoms with Crippen LogP contribution >= 0.6 is 11.8 Å². The predicted molar refractivity (Wildman–Crippen MR) is 76.4 cm³/mol. The molecule has 110 valence electrons. The Hall–Kier alpha value is -1.45. The van der Waals surface area contributed by atoms with Crippen molar-refractivity contribution < 1.29 is 17.9 Å². The molecule has 0 saturated carbocycles. The van der Waals surface area contributed by atoms with Crippen LogP contribution in [0.25, 0.3) is 0 Å². The van der Waals surface area contributed by atoms with Gasteiger partial charge in [-0.25, -0.2) is 9.52 Å². The van der Waals surface area contributed by atoms with E-state index < -0.39 is 21.7 Å². The summed E-state index contributed by atoms with van der Waals surface area (Å²) in [5, 5.41) is 0. The fraction of sp³-hybridized carbons (Fsp3) is 0.364. The lowest BCUT2D eigenvalue weighted by atomic mass is 10.2. The van der Waals surface area contributed by atoms with Gasteiger partial charge in [0, 0.05) is 12.8 Å². The van der Waals surface area contributed by atoms with Gasteiger partial charge in [0.05, 0.1) is 7.11 Å². The molecule has 1 saturated heterocycles. The smallest absolute Gasteiger partial charge is 0.333 e. The van der Waals surface area contributed by atoms with Crippen LogP contribution in [0.2, 0.25) is 0 Å². The molecule has 2 N–H and O–H groups in total. The minimum absolute atomic E-state index is 0.564. The number of carbonyl (C=O) groups excluding carboxylic acids is 1. The number of carbonyl (C=O) groups is 1. The highest BCUT2D eigenvalue weighted by Crippen LogP contribution is 2.22. The molecule has 1 fully saturated rings. The number of rotatable bonds is 4. The van der Waals surface area contributed by atoms with Gasteiger partial charge in [-0.3, -0.25) is 0 Å². The molecule has 0 bridgehead atoms. The van der Waals surface area contributed by atoms with Gasteiger partial charge in [0.15, 0.2) is 0 Å². The first kappa shape index (κ1) is 14.9. The van der Waals surface area contributed by atoms with Gasteiger partial charge < -0.3 is 9.64 Å². The lowest BCUT2D eigenvalue weighted by molar-refractivity contribution is 0.204. The number of urea groups is 1. The van der Waals surface area contributed by atoms with Gasteiger partial charge in [-0.1, -0.05) is 12.1 Å². The van der Waals surface area contributed by atoms with E-state index in [4.69, 9.17) is 4.74 Å². The zero-order chi connectivity index (χ0) is 14.8. The molecule has 1 heterocycles. The first-order valence-electron chi connectivity index (χ1n) is 5.73. The van der Waals surface area contributed by atoms with Gasteiger partial charge in [0.25, 0.3) is 0 Å². The molecule has 9 heteroatoms. The highest BCUT2D eigenvalue weighted by molar-refractivity contribution is 8.00. The molecule has 1 atom stereocenters. The van der Waals surface area contributed by atoms with Crippen LogP contribution in [0.15, 0.2) is 24.3 Å². The summed E-state index contributed by atoms with van der Waals surface area (Å²) in [6.07, 6.45) is 0. The zero-order valence-corrected chi connectivity index (χ0v) is 12.6. The first-order chi connectivity index (χ1) is 9.41. The summed E-state index contributed by atoms with van der Waals surface area (Å²) in [6, 6.07) is 6.80. The maximum Gasteiger partial charge on any atom is 0.333 e. The Kier molecular flexibility index (Phi) is 4.41. The largest absolute Gasteiger partial charge is 0.497 e. The summed E-state index contributed by atoms with van der Waals surface area (Å²) < 4.78 is 32.1. The Bertz CT molecular complexity index is 588. The maximum absolute atomic E-state index is 11.5. The summed E-state index contributed by atoms with van der Waals surface area (Å²) in [7, 11) is -0.639. The topological polar surface area (TPSA) is 87.7 Å². The number of amides is 2. The fourth-order valence-corrected chi connectivity index (χ4v) is 3.95. The van der Waals surface area contributed by atoms with Crippen molar-refractivity contribution in [2.75, 3.05) is 14.2 Å². The van der Waals surface area contributed by atoms with Crippen molar-refractivity contribution in [3.8, 4) is 5.75 Å². The van der Waals surface area contributed by atoms with Crippen molar-refractivity contribution in [1.82, 2.24) is 14.3 Å². The summed E-state index contributed by atoms with van der Waals surface area (Å²) >= 11 is 1.31. The van der Waals surface area contributed by atoms with Gasteiger partial charge in [0.1, 0.15) is 11.2 Å². The molecule has 0 radical (unpaired) electrons. The molecule has 1 aliphatic heterocycles. The third-order valence-electron chi connectivity index (χ3n) is 2.72. The van der Waals surface area contributed by atoms with E-state index in [0.717, 1.165) is 11.3 Å². The van der Waals surface area contributed by atoms with Crippen LogP contribution in [0.4, 0.5) is 4.79 Å². The van der Waals surface area contributed by atoms with E-state index in [9.17, 15) is 13.2 Å². The standard InChI is InChI=1S/C11H15N3O4S2/c1-14-10(15)12-20(16,17)13-11(14)19-7-8-3-5-9(18-2)6-4-8/h3-6,11,13H,7H2,1-2H3,(H,12,15). The number of thioether (sulfide) groups is 1. The number of hydrogen-bond donors (Lipinski definition) is 2. The molecule has 0 aliphatic carbocycles. The maximum atomic E-state index is 11.5. The van der Waals surface area contributed by atoms with Crippen molar-refractivity contribution in [2.45, 2.75) is 11.3 Å². The molecule has 2 amide bonds. The molecule has 1 aromatic carbocycles. The van der Waals surface area contributed by atoms with E-state index in [1.54, 1.807) is 7.11 Å². The molecule has 2 rings (SSSR count). The number of ether oxygens (including phenoxy) is 1. The zero-order valence-electron chi connectivity index (χ0n) is 11.0. The van der Waals surface area contributed by atoms with E-state index in [2.05, 4.69) is 4.72 Å². The summed E-state index contributed by atoms with van der Waals surface area (Å²) in [5.41, 5.74) is 0.380. The number of nitrogens with zero attached hydrogens (tertiary/aromatic N) is 1. The van der Waals surface area contributed by atoms with Crippen molar-refractivity contribution in [2.24, 2.45) is 0 Å². The molecule has 1 aliphatic rings. The molecule has 1 unspecified atom stereocenters. The van der Waals surface area contributed by atoms with Crippen molar-refractivity contribution >= 4 is 28.0 Å². The molecule has 0 spiro atoms. The second-order valence-electron chi connectivity index (χ2n) is 4.15. The van der Waals surface area contributed by atoms with Crippen molar-refractivity contribution in [1.29, 1.82) is 0 Å². The van der Waals surface area contributed by atoms with Crippen LogP contribution in [0.3, 0.4) is 0 Å². The van der Waals surface area contributed by atoms with Crippen molar-refractivity contribution in [3.63, 3.8) is 0 Å². The third-order valence-corrected chi connectivity index (χ3v) is 5.09. The van der Waals surface area contributed by atoms with Crippen LogP contribution in [0, 0.1) is 0 Å². The summed E-state index contributed by atoms with van der Waals surface area (Å²) in [4.78, 5) is 12.8. The van der Waals surface area contributed by atoms with E-state index in [1.165, 1.54) is 23.7 Å². The van der Waals surface area contributed by atoms with Gasteiger partial charge in [0.2, 0.25) is 0 Å². The fourth-order valence-electron chi connectivity index (χ4n) is 1.58. The summed E-state index contributed by atoms with van der Waals surface area (Å²) in [6.45, 7) is 0. The third kappa shape index (κ3) is 3.56. The minimum atomic E-state index is -3.76. The normalized spacial score (nSPS) is 21.4. The van der Waals surface area contributed by atoms with Gasteiger partial charge in [-0.05, 0) is 17.7 Å². The number of methoxy groups -OCH3 is 1. The average molecular weight is 317 g/mol. The molecular formula is C11H15N3O4S2. The molecule has 0 aromatic heterocycles. The van der Waals surface area contributed by atoms with E-state index in [-0.39, 0.29) is 0 Å². The lowest BCUT2D eigenvalue weighted by Gasteiger charge is -2.32. The number of nitrogens with one attached hydrogen (secondary N) is 2. The van der Waals surface area contributed by atoms with E-state index in [1.807, 2.05) is 29.0 Å². The Morgan fingerprint density at radius 2 is 2.00 bits per heavy atom. The first-order valence-corrected chi connectivity index (χ1v) is 8.26. The quantitative estimate of drug-likeness (QED) is 0.853. The van der Waals surface area contributed by atoms with Crippen LogP contribution < -0.4 is 14.2 Å². The number of benzene rings is 1. The highest BCUT2D eigenvalue weighted by Gasteiger charge is 2.32. The van der Waals surface area contributed by atoms with Crippen LogP contribution in [0.5, 0.6) is 5.75 Å². The van der Waals surface area contributed by atoms with Crippen LogP contribution in [0.1, 0.15) is 5.56 Å². The van der Waals surface area contributed by atoms with Gasteiger partial charge >= 0.3 is 16.2 Å². The number of hydrogen-bond acceptors (Lipinski definition) is 5. The minimum Gasteiger partial charge on any atom is -0.497 e. The van der Waals surface area contributed by atoms with Gasteiger partial charge in [-0.15, -0.1) is 11.8 Å². The Morgan fingerprint density at radius 1 is 1.35 bits per heavy atom.